The van der Waals surface area contributed by atoms with E-state index in [1.165, 1.54) is 12.1 Å². The van der Waals surface area contributed by atoms with Crippen LogP contribution >= 0.6 is 0 Å². The van der Waals surface area contributed by atoms with Crippen LogP contribution in [0.2, 0.25) is 0 Å². The number of nitrogens with zero attached hydrogens (tertiary/aromatic N) is 2. The van der Waals surface area contributed by atoms with Crippen molar-refractivity contribution in [3.05, 3.63) is 81.9 Å². The summed E-state index contributed by atoms with van der Waals surface area (Å²) >= 11 is 0. The maximum atomic E-state index is 12.6. The highest BCUT2D eigenvalue weighted by atomic mass is 16.6. The maximum absolute atomic E-state index is 12.6. The van der Waals surface area contributed by atoms with Crippen molar-refractivity contribution in [2.24, 2.45) is 10.9 Å². The molecule has 2 aromatic carbocycles. The lowest BCUT2D eigenvalue weighted by Gasteiger charge is -2.28. The van der Waals surface area contributed by atoms with Crippen LogP contribution in [-0.4, -0.2) is 23.2 Å². The summed E-state index contributed by atoms with van der Waals surface area (Å²) in [5, 5.41) is 11.2. The number of esters is 1. The number of benzene rings is 2. The summed E-state index contributed by atoms with van der Waals surface area (Å²) in [5.74, 6) is -1.38. The standard InChI is InChI=1S/C21H20N2O4/c1-3-27-21(24)20-14(2)22-19(15-8-5-4-6-9-15)13-18(20)16-10-7-11-17(12-16)23(25)26/h4-13,18,20H,3H2,1-2H3. The lowest BCUT2D eigenvalue weighted by atomic mass is 9.80. The van der Waals surface area contributed by atoms with Crippen LogP contribution in [0, 0.1) is 16.0 Å². The minimum Gasteiger partial charge on any atom is -0.465 e. The van der Waals surface area contributed by atoms with E-state index in [9.17, 15) is 14.9 Å². The summed E-state index contributed by atoms with van der Waals surface area (Å²) in [5.41, 5.74) is 2.97. The third-order valence-corrected chi connectivity index (χ3v) is 4.52. The SMILES string of the molecule is CCOC(=O)C1C(C)=NC(c2ccccc2)=CC1c1cccc([N+](=O)[O-])c1. The van der Waals surface area contributed by atoms with Crippen molar-refractivity contribution in [3.8, 4) is 0 Å². The third-order valence-electron chi connectivity index (χ3n) is 4.52. The highest BCUT2D eigenvalue weighted by Crippen LogP contribution is 2.37. The van der Waals surface area contributed by atoms with E-state index in [0.717, 1.165) is 11.3 Å². The Morgan fingerprint density at radius 2 is 1.93 bits per heavy atom. The number of allylic oxidation sites excluding steroid dienone is 1. The van der Waals surface area contributed by atoms with Gasteiger partial charge in [0.05, 0.1) is 17.2 Å². The minimum atomic E-state index is -0.612. The molecule has 0 saturated carbocycles. The van der Waals surface area contributed by atoms with Crippen LogP contribution in [0.25, 0.3) is 5.70 Å². The summed E-state index contributed by atoms with van der Waals surface area (Å²) < 4.78 is 5.24. The van der Waals surface area contributed by atoms with Crippen LogP contribution in [0.3, 0.4) is 0 Å². The quantitative estimate of drug-likeness (QED) is 0.448. The molecule has 0 fully saturated rings. The van der Waals surface area contributed by atoms with Crippen molar-refractivity contribution in [2.45, 2.75) is 19.8 Å². The molecule has 0 aromatic heterocycles. The molecule has 27 heavy (non-hydrogen) atoms. The molecule has 0 amide bonds. The van der Waals surface area contributed by atoms with Gasteiger partial charge < -0.3 is 4.74 Å². The normalized spacial score (nSPS) is 19.0. The molecule has 1 aliphatic heterocycles. The van der Waals surface area contributed by atoms with E-state index in [4.69, 9.17) is 4.74 Å². The Hall–Kier alpha value is -3.28. The second-order valence-corrected chi connectivity index (χ2v) is 6.28. The number of aliphatic imine (C=N–C) groups is 1. The van der Waals surface area contributed by atoms with Gasteiger partial charge in [0.25, 0.3) is 5.69 Å². The van der Waals surface area contributed by atoms with Gasteiger partial charge in [-0.15, -0.1) is 0 Å². The van der Waals surface area contributed by atoms with Crippen molar-refractivity contribution in [2.75, 3.05) is 6.61 Å². The Balaban J connectivity index is 2.10. The van der Waals surface area contributed by atoms with Crippen molar-refractivity contribution in [1.82, 2.24) is 0 Å². The van der Waals surface area contributed by atoms with Gasteiger partial charge in [-0.25, -0.2) is 0 Å². The van der Waals surface area contributed by atoms with Gasteiger partial charge in [-0.05, 0) is 31.1 Å². The lowest BCUT2D eigenvalue weighted by molar-refractivity contribution is -0.384. The largest absolute Gasteiger partial charge is 0.465 e. The molecule has 138 valence electrons. The zero-order valence-corrected chi connectivity index (χ0v) is 15.2. The van der Waals surface area contributed by atoms with E-state index in [2.05, 4.69) is 4.99 Å². The molecule has 6 nitrogen and oxygen atoms in total. The fraction of sp³-hybridized carbons (Fsp3) is 0.238. The fourth-order valence-corrected chi connectivity index (χ4v) is 3.28. The first-order valence-corrected chi connectivity index (χ1v) is 8.74. The average Bonchev–Trinajstić information content (AvgIpc) is 2.68. The second kappa shape index (κ2) is 7.95. The first-order chi connectivity index (χ1) is 13.0. The lowest BCUT2D eigenvalue weighted by Crippen LogP contribution is -2.32. The molecule has 2 atom stereocenters. The summed E-state index contributed by atoms with van der Waals surface area (Å²) in [6, 6.07) is 16.0. The van der Waals surface area contributed by atoms with Crippen LogP contribution in [0.15, 0.2) is 65.7 Å². The zero-order chi connectivity index (χ0) is 19.4. The number of hydrogen-bond acceptors (Lipinski definition) is 5. The topological polar surface area (TPSA) is 81.8 Å². The van der Waals surface area contributed by atoms with Crippen molar-refractivity contribution in [3.63, 3.8) is 0 Å². The molecule has 6 heteroatoms. The van der Waals surface area contributed by atoms with E-state index in [1.807, 2.05) is 36.4 Å². The van der Waals surface area contributed by atoms with E-state index in [-0.39, 0.29) is 18.3 Å². The Kier molecular flexibility index (Phi) is 5.45. The van der Waals surface area contributed by atoms with Gasteiger partial charge in [0.15, 0.2) is 0 Å². The summed E-state index contributed by atoms with van der Waals surface area (Å²) in [6.07, 6.45) is 1.89. The van der Waals surface area contributed by atoms with Crippen LogP contribution < -0.4 is 0 Å². The minimum absolute atomic E-state index is 0.00932. The molecule has 2 aromatic rings. The third kappa shape index (κ3) is 3.95. The van der Waals surface area contributed by atoms with Crippen LogP contribution in [0.1, 0.15) is 30.9 Å². The number of carbonyl (C=O) groups excluding carboxylic acids is 1. The van der Waals surface area contributed by atoms with Crippen molar-refractivity contribution >= 4 is 23.1 Å². The van der Waals surface area contributed by atoms with Crippen molar-refractivity contribution in [1.29, 1.82) is 0 Å². The zero-order valence-electron chi connectivity index (χ0n) is 15.2. The van der Waals surface area contributed by atoms with Crippen LogP contribution in [-0.2, 0) is 9.53 Å². The fourth-order valence-electron chi connectivity index (χ4n) is 3.28. The Bertz CT molecular complexity index is 919. The molecule has 0 bridgehead atoms. The van der Waals surface area contributed by atoms with E-state index < -0.39 is 16.8 Å². The van der Waals surface area contributed by atoms with Crippen LogP contribution in [0.5, 0.6) is 0 Å². The number of non-ortho nitro benzene ring substituents is 1. The highest BCUT2D eigenvalue weighted by Gasteiger charge is 2.35. The predicted molar refractivity (Wildman–Crippen MR) is 103 cm³/mol. The van der Waals surface area contributed by atoms with E-state index >= 15 is 0 Å². The van der Waals surface area contributed by atoms with Gasteiger partial charge in [-0.2, -0.15) is 0 Å². The van der Waals surface area contributed by atoms with Gasteiger partial charge in [-0.3, -0.25) is 19.9 Å². The van der Waals surface area contributed by atoms with Gasteiger partial charge in [-0.1, -0.05) is 42.5 Å². The van der Waals surface area contributed by atoms with Gasteiger partial charge in [0.2, 0.25) is 0 Å². The summed E-state index contributed by atoms with van der Waals surface area (Å²) in [7, 11) is 0. The molecule has 0 saturated heterocycles. The Morgan fingerprint density at radius 1 is 1.19 bits per heavy atom. The molecule has 0 N–H and O–H groups in total. The number of hydrogen-bond donors (Lipinski definition) is 0. The number of nitro benzene ring substituents is 1. The first-order valence-electron chi connectivity index (χ1n) is 8.74. The molecule has 0 radical (unpaired) electrons. The first kappa shape index (κ1) is 18.5. The second-order valence-electron chi connectivity index (χ2n) is 6.28. The molecule has 3 rings (SSSR count). The number of rotatable bonds is 5. The molecule has 0 spiro atoms. The monoisotopic (exact) mass is 364 g/mol. The average molecular weight is 364 g/mol. The summed E-state index contributed by atoms with van der Waals surface area (Å²) in [4.78, 5) is 27.9. The van der Waals surface area contributed by atoms with Gasteiger partial charge in [0.1, 0.15) is 5.92 Å². The molecule has 1 heterocycles. The number of ether oxygens (including phenoxy) is 1. The Morgan fingerprint density at radius 3 is 2.59 bits per heavy atom. The van der Waals surface area contributed by atoms with Crippen molar-refractivity contribution < 1.29 is 14.5 Å². The smallest absolute Gasteiger partial charge is 0.315 e. The predicted octanol–water partition coefficient (Wildman–Crippen LogP) is 4.37. The Labute approximate surface area is 157 Å². The van der Waals surface area contributed by atoms with E-state index in [0.29, 0.717) is 11.3 Å². The summed E-state index contributed by atoms with van der Waals surface area (Å²) in [6.45, 7) is 3.81. The molecule has 0 aliphatic carbocycles. The molecule has 1 aliphatic rings. The molecular weight excluding hydrogens is 344 g/mol. The van der Waals surface area contributed by atoms with Gasteiger partial charge in [0, 0.05) is 23.8 Å². The number of carbonyl (C=O) groups is 1. The molecular formula is C21H20N2O4. The van der Waals surface area contributed by atoms with E-state index in [1.54, 1.807) is 26.0 Å². The molecule has 2 unspecified atom stereocenters. The highest BCUT2D eigenvalue weighted by molar-refractivity contribution is 6.05. The number of nitro groups is 1. The van der Waals surface area contributed by atoms with Crippen LogP contribution in [0.4, 0.5) is 5.69 Å². The maximum Gasteiger partial charge on any atom is 0.315 e. The van der Waals surface area contributed by atoms with Gasteiger partial charge >= 0.3 is 5.97 Å².